The highest BCUT2D eigenvalue weighted by Gasteiger charge is 2.21. The van der Waals surface area contributed by atoms with Gasteiger partial charge in [-0.3, -0.25) is 9.69 Å². The topological polar surface area (TPSA) is 49.8 Å². The molecule has 0 atom stereocenters. The third-order valence-corrected chi connectivity index (χ3v) is 4.54. The highest BCUT2D eigenvalue weighted by molar-refractivity contribution is 5.85. The zero-order chi connectivity index (χ0) is 17.6. The molecule has 0 aliphatic carbocycles. The molecule has 1 heterocycles. The van der Waals surface area contributed by atoms with Crippen molar-refractivity contribution in [3.8, 4) is 11.1 Å². The summed E-state index contributed by atoms with van der Waals surface area (Å²) in [6.45, 7) is 2.09. The first kappa shape index (κ1) is 20.4. The molecule has 0 spiro atoms. The molecule has 140 valence electrons. The van der Waals surface area contributed by atoms with E-state index in [9.17, 15) is 9.18 Å². The summed E-state index contributed by atoms with van der Waals surface area (Å²) in [5.41, 5.74) is 3.09. The van der Waals surface area contributed by atoms with E-state index in [0.29, 0.717) is 6.61 Å². The Kier molecular flexibility index (Phi) is 7.57. The van der Waals surface area contributed by atoms with Gasteiger partial charge < -0.3 is 9.84 Å². The fourth-order valence-corrected chi connectivity index (χ4v) is 3.19. The molecule has 1 fully saturated rings. The summed E-state index contributed by atoms with van der Waals surface area (Å²) >= 11 is 0. The lowest BCUT2D eigenvalue weighted by Crippen LogP contribution is -2.39. The number of rotatable bonds is 6. The summed E-state index contributed by atoms with van der Waals surface area (Å²) in [6, 6.07) is 14.5. The second kappa shape index (κ2) is 9.67. The van der Waals surface area contributed by atoms with Gasteiger partial charge in [0.25, 0.3) is 0 Å². The van der Waals surface area contributed by atoms with E-state index in [2.05, 4.69) is 0 Å². The normalized spacial score (nSPS) is 15.4. The number of ether oxygens (including phenoxy) is 1. The van der Waals surface area contributed by atoms with E-state index in [4.69, 9.17) is 9.84 Å². The summed E-state index contributed by atoms with van der Waals surface area (Å²) in [4.78, 5) is 12.7. The van der Waals surface area contributed by atoms with Crippen LogP contribution in [0.3, 0.4) is 0 Å². The van der Waals surface area contributed by atoms with Gasteiger partial charge in [-0.2, -0.15) is 0 Å². The maximum Gasteiger partial charge on any atom is 0.317 e. The van der Waals surface area contributed by atoms with Crippen LogP contribution in [0.5, 0.6) is 0 Å². The van der Waals surface area contributed by atoms with E-state index < -0.39 is 5.97 Å². The summed E-state index contributed by atoms with van der Waals surface area (Å²) < 4.78 is 19.2. The van der Waals surface area contributed by atoms with Crippen molar-refractivity contribution in [2.75, 3.05) is 19.6 Å². The molecular formula is C20H23ClFNO3. The fraction of sp³-hybridized carbons (Fsp3) is 0.350. The van der Waals surface area contributed by atoms with Gasteiger partial charge in [-0.05, 0) is 41.7 Å². The number of carboxylic acids is 1. The molecule has 1 aliphatic heterocycles. The zero-order valence-corrected chi connectivity index (χ0v) is 15.3. The number of benzene rings is 2. The lowest BCUT2D eigenvalue weighted by atomic mass is 10.00. The minimum Gasteiger partial charge on any atom is -0.480 e. The number of hydrogen-bond donors (Lipinski definition) is 1. The molecule has 4 nitrogen and oxygen atoms in total. The second-order valence-electron chi connectivity index (χ2n) is 6.34. The largest absolute Gasteiger partial charge is 0.480 e. The van der Waals surface area contributed by atoms with Gasteiger partial charge in [0.2, 0.25) is 0 Å². The van der Waals surface area contributed by atoms with Crippen LogP contribution in [0.25, 0.3) is 11.1 Å². The van der Waals surface area contributed by atoms with Gasteiger partial charge in [-0.15, -0.1) is 12.4 Å². The lowest BCUT2D eigenvalue weighted by molar-refractivity contribution is -0.139. The van der Waals surface area contributed by atoms with Crippen LogP contribution in [0.2, 0.25) is 0 Å². The Bertz CT molecular complexity index is 715. The average molecular weight is 380 g/mol. The minimum absolute atomic E-state index is 0. The Hall–Kier alpha value is -1.95. The molecule has 1 saturated heterocycles. The molecule has 0 unspecified atom stereocenters. The van der Waals surface area contributed by atoms with Crippen molar-refractivity contribution in [3.63, 3.8) is 0 Å². The molecule has 1 N–H and O–H groups in total. The van der Waals surface area contributed by atoms with E-state index in [-0.39, 0.29) is 30.9 Å². The summed E-state index contributed by atoms with van der Waals surface area (Å²) in [5, 5.41) is 8.84. The lowest BCUT2D eigenvalue weighted by Gasteiger charge is -2.30. The molecule has 2 aromatic carbocycles. The number of hydrogen-bond acceptors (Lipinski definition) is 3. The van der Waals surface area contributed by atoms with Gasteiger partial charge in [0.15, 0.2) is 0 Å². The number of aliphatic carboxylic acids is 1. The number of carboxylic acid groups (broad SMARTS) is 1. The van der Waals surface area contributed by atoms with Gasteiger partial charge in [0.1, 0.15) is 5.82 Å². The van der Waals surface area contributed by atoms with Crippen LogP contribution in [0.1, 0.15) is 18.4 Å². The molecule has 2 aromatic rings. The third kappa shape index (κ3) is 5.53. The van der Waals surface area contributed by atoms with E-state index in [0.717, 1.165) is 42.6 Å². The summed E-state index contributed by atoms with van der Waals surface area (Å²) in [5.74, 6) is -1.03. The Balaban J connectivity index is 0.00000243. The molecule has 3 rings (SSSR count). The molecule has 6 heteroatoms. The van der Waals surface area contributed by atoms with Crippen molar-refractivity contribution in [1.29, 1.82) is 0 Å². The average Bonchev–Trinajstić information content (AvgIpc) is 2.62. The van der Waals surface area contributed by atoms with Crippen LogP contribution < -0.4 is 0 Å². The maximum absolute atomic E-state index is 13.1. The molecule has 0 bridgehead atoms. The van der Waals surface area contributed by atoms with E-state index in [1.54, 1.807) is 12.1 Å². The van der Waals surface area contributed by atoms with Gasteiger partial charge in [-0.25, -0.2) is 4.39 Å². The van der Waals surface area contributed by atoms with Gasteiger partial charge in [0.05, 0.1) is 19.3 Å². The van der Waals surface area contributed by atoms with Crippen molar-refractivity contribution in [3.05, 3.63) is 59.9 Å². The van der Waals surface area contributed by atoms with Crippen molar-refractivity contribution in [1.82, 2.24) is 4.90 Å². The first-order chi connectivity index (χ1) is 12.1. The first-order valence-electron chi connectivity index (χ1n) is 8.51. The Labute approximate surface area is 159 Å². The van der Waals surface area contributed by atoms with Gasteiger partial charge in [-0.1, -0.05) is 36.4 Å². The van der Waals surface area contributed by atoms with Crippen molar-refractivity contribution in [2.24, 2.45) is 0 Å². The summed E-state index contributed by atoms with van der Waals surface area (Å²) in [7, 11) is 0. The molecule has 1 aliphatic rings. The van der Waals surface area contributed by atoms with Crippen LogP contribution in [-0.4, -0.2) is 41.7 Å². The highest BCUT2D eigenvalue weighted by Crippen LogP contribution is 2.25. The molecule has 0 saturated carbocycles. The SMILES string of the molecule is Cl.O=C(O)CN1CCC(OCc2ccccc2-c2ccc(F)cc2)CC1. The highest BCUT2D eigenvalue weighted by atomic mass is 35.5. The first-order valence-corrected chi connectivity index (χ1v) is 8.51. The van der Waals surface area contributed by atoms with Crippen LogP contribution in [0, 0.1) is 5.82 Å². The number of carbonyl (C=O) groups is 1. The summed E-state index contributed by atoms with van der Waals surface area (Å²) in [6.07, 6.45) is 1.82. The smallest absolute Gasteiger partial charge is 0.317 e. The molecule has 0 aromatic heterocycles. The van der Waals surface area contributed by atoms with Crippen LogP contribution in [0.4, 0.5) is 4.39 Å². The van der Waals surface area contributed by atoms with E-state index >= 15 is 0 Å². The van der Waals surface area contributed by atoms with Crippen LogP contribution >= 0.6 is 12.4 Å². The van der Waals surface area contributed by atoms with Crippen LogP contribution in [0.15, 0.2) is 48.5 Å². The van der Waals surface area contributed by atoms with Crippen molar-refractivity contribution < 1.29 is 19.0 Å². The second-order valence-corrected chi connectivity index (χ2v) is 6.34. The number of nitrogens with zero attached hydrogens (tertiary/aromatic N) is 1. The quantitative estimate of drug-likeness (QED) is 0.824. The zero-order valence-electron chi connectivity index (χ0n) is 14.4. The van der Waals surface area contributed by atoms with Crippen molar-refractivity contribution >= 4 is 18.4 Å². The fourth-order valence-electron chi connectivity index (χ4n) is 3.19. The van der Waals surface area contributed by atoms with Crippen LogP contribution in [-0.2, 0) is 16.1 Å². The number of likely N-dealkylation sites (tertiary alicyclic amines) is 1. The van der Waals surface area contributed by atoms with Gasteiger partial charge in [0, 0.05) is 13.1 Å². The maximum atomic E-state index is 13.1. The standard InChI is InChI=1S/C20H22FNO3.ClH/c21-17-7-5-15(6-8-17)19-4-2-1-3-16(19)14-25-18-9-11-22(12-10-18)13-20(23)24;/h1-8,18H,9-14H2,(H,23,24);1H. The predicted octanol–water partition coefficient (Wildman–Crippen LogP) is 3.98. The Morgan fingerprint density at radius 2 is 1.77 bits per heavy atom. The third-order valence-electron chi connectivity index (χ3n) is 4.54. The molecule has 0 radical (unpaired) electrons. The van der Waals surface area contributed by atoms with Crippen molar-refractivity contribution in [2.45, 2.75) is 25.6 Å². The molecule has 26 heavy (non-hydrogen) atoms. The van der Waals surface area contributed by atoms with Gasteiger partial charge >= 0.3 is 5.97 Å². The Morgan fingerprint density at radius 1 is 1.12 bits per heavy atom. The molecule has 0 amide bonds. The number of halogens is 2. The van der Waals surface area contributed by atoms with E-state index in [1.165, 1.54) is 12.1 Å². The van der Waals surface area contributed by atoms with E-state index in [1.807, 2.05) is 29.2 Å². The predicted molar refractivity (Wildman–Crippen MR) is 101 cm³/mol. The Morgan fingerprint density at radius 3 is 2.42 bits per heavy atom. The monoisotopic (exact) mass is 379 g/mol. The minimum atomic E-state index is -0.785. The molecular weight excluding hydrogens is 357 g/mol. The number of piperidine rings is 1.